The predicted molar refractivity (Wildman–Crippen MR) is 89.9 cm³/mol. The zero-order valence-corrected chi connectivity index (χ0v) is 14.0. The van der Waals surface area contributed by atoms with Crippen molar-refractivity contribution in [2.24, 2.45) is 0 Å². The van der Waals surface area contributed by atoms with Gasteiger partial charge in [-0.15, -0.1) is 0 Å². The molecule has 0 spiro atoms. The van der Waals surface area contributed by atoms with Crippen molar-refractivity contribution in [1.29, 1.82) is 0 Å². The SMILES string of the molecule is CCc1c(C(C)CC)c(OC)c2ccccc2c1OC(C)=O. The van der Waals surface area contributed by atoms with E-state index in [1.807, 2.05) is 24.3 Å². The first kappa shape index (κ1) is 16.3. The lowest BCUT2D eigenvalue weighted by Crippen LogP contribution is -2.09. The van der Waals surface area contributed by atoms with Gasteiger partial charge in [-0.1, -0.05) is 45.0 Å². The zero-order chi connectivity index (χ0) is 16.3. The highest BCUT2D eigenvalue weighted by Gasteiger charge is 2.23. The van der Waals surface area contributed by atoms with Crippen LogP contribution in [0.2, 0.25) is 0 Å². The quantitative estimate of drug-likeness (QED) is 0.585. The summed E-state index contributed by atoms with van der Waals surface area (Å²) in [5.41, 5.74) is 2.22. The number of hydrogen-bond donors (Lipinski definition) is 0. The van der Waals surface area contributed by atoms with Crippen LogP contribution in [0.15, 0.2) is 24.3 Å². The topological polar surface area (TPSA) is 35.5 Å². The molecular formula is C19H24O3. The van der Waals surface area contributed by atoms with Gasteiger partial charge in [0, 0.05) is 28.8 Å². The molecule has 0 radical (unpaired) electrons. The van der Waals surface area contributed by atoms with E-state index in [1.54, 1.807) is 7.11 Å². The Balaban J connectivity index is 2.93. The standard InChI is InChI=1S/C19H24O3/c1-6-12(3)17-14(7-2)18(22-13(4)20)15-10-8-9-11-16(15)19(17)21-5/h8-12H,6-7H2,1-5H3. The molecule has 0 heterocycles. The minimum absolute atomic E-state index is 0.292. The minimum atomic E-state index is -0.292. The van der Waals surface area contributed by atoms with Gasteiger partial charge in [0.2, 0.25) is 0 Å². The number of rotatable bonds is 5. The average Bonchev–Trinajstić information content (AvgIpc) is 2.53. The number of carbonyl (C=O) groups excluding carboxylic acids is 1. The van der Waals surface area contributed by atoms with Gasteiger partial charge in [0.25, 0.3) is 0 Å². The molecule has 2 aromatic carbocycles. The van der Waals surface area contributed by atoms with E-state index in [4.69, 9.17) is 9.47 Å². The Labute approximate surface area is 132 Å². The van der Waals surface area contributed by atoms with Crippen LogP contribution < -0.4 is 9.47 Å². The number of methoxy groups -OCH3 is 1. The third kappa shape index (κ3) is 2.80. The summed E-state index contributed by atoms with van der Waals surface area (Å²) in [6.45, 7) is 7.87. The highest BCUT2D eigenvalue weighted by atomic mass is 16.5. The van der Waals surface area contributed by atoms with Crippen LogP contribution in [0.5, 0.6) is 11.5 Å². The van der Waals surface area contributed by atoms with Crippen molar-refractivity contribution in [3.05, 3.63) is 35.4 Å². The van der Waals surface area contributed by atoms with E-state index in [0.29, 0.717) is 11.7 Å². The summed E-state index contributed by atoms with van der Waals surface area (Å²) >= 11 is 0. The maximum absolute atomic E-state index is 11.6. The number of esters is 1. The number of fused-ring (bicyclic) bond motifs is 1. The molecule has 2 rings (SSSR count). The molecule has 1 unspecified atom stereocenters. The summed E-state index contributed by atoms with van der Waals surface area (Å²) in [6, 6.07) is 7.94. The van der Waals surface area contributed by atoms with Crippen molar-refractivity contribution < 1.29 is 14.3 Å². The van der Waals surface area contributed by atoms with E-state index >= 15 is 0 Å². The van der Waals surface area contributed by atoms with E-state index in [9.17, 15) is 4.79 Å². The summed E-state index contributed by atoms with van der Waals surface area (Å²) in [7, 11) is 1.71. The highest BCUT2D eigenvalue weighted by Crippen LogP contribution is 2.45. The Kier molecular flexibility index (Phi) is 5.07. The Morgan fingerprint density at radius 1 is 1.14 bits per heavy atom. The lowest BCUT2D eigenvalue weighted by molar-refractivity contribution is -0.131. The molecule has 0 aromatic heterocycles. The van der Waals surface area contributed by atoms with Crippen LogP contribution >= 0.6 is 0 Å². The van der Waals surface area contributed by atoms with Crippen LogP contribution in [0.4, 0.5) is 0 Å². The fraction of sp³-hybridized carbons (Fsp3) is 0.421. The molecular weight excluding hydrogens is 276 g/mol. The summed E-state index contributed by atoms with van der Waals surface area (Å²) in [5.74, 6) is 1.63. The lowest BCUT2D eigenvalue weighted by Gasteiger charge is -2.23. The van der Waals surface area contributed by atoms with Crippen molar-refractivity contribution in [2.75, 3.05) is 7.11 Å². The van der Waals surface area contributed by atoms with Crippen molar-refractivity contribution in [3.63, 3.8) is 0 Å². The lowest BCUT2D eigenvalue weighted by atomic mass is 9.87. The normalized spacial score (nSPS) is 12.2. The van der Waals surface area contributed by atoms with Gasteiger partial charge in [-0.3, -0.25) is 4.79 Å². The molecule has 0 aliphatic heterocycles. The molecule has 0 amide bonds. The molecule has 1 atom stereocenters. The molecule has 118 valence electrons. The predicted octanol–water partition coefficient (Wildman–Crippen LogP) is 4.85. The van der Waals surface area contributed by atoms with Gasteiger partial charge in [-0.2, -0.15) is 0 Å². The molecule has 2 aromatic rings. The van der Waals surface area contributed by atoms with Crippen molar-refractivity contribution >= 4 is 16.7 Å². The maximum atomic E-state index is 11.6. The molecule has 0 saturated carbocycles. The zero-order valence-electron chi connectivity index (χ0n) is 14.0. The minimum Gasteiger partial charge on any atom is -0.496 e. The number of carbonyl (C=O) groups is 1. The molecule has 3 nitrogen and oxygen atoms in total. The largest absolute Gasteiger partial charge is 0.496 e. The van der Waals surface area contributed by atoms with Crippen molar-refractivity contribution in [2.45, 2.75) is 46.5 Å². The van der Waals surface area contributed by atoms with Gasteiger partial charge >= 0.3 is 5.97 Å². The van der Waals surface area contributed by atoms with Gasteiger partial charge in [0.05, 0.1) is 7.11 Å². The molecule has 0 saturated heterocycles. The molecule has 0 aliphatic rings. The highest BCUT2D eigenvalue weighted by molar-refractivity contribution is 5.97. The van der Waals surface area contributed by atoms with Crippen LogP contribution in [0.25, 0.3) is 10.8 Å². The first-order valence-corrected chi connectivity index (χ1v) is 7.84. The first-order valence-electron chi connectivity index (χ1n) is 7.84. The van der Waals surface area contributed by atoms with Gasteiger partial charge in [0.15, 0.2) is 0 Å². The van der Waals surface area contributed by atoms with Crippen LogP contribution in [-0.4, -0.2) is 13.1 Å². The summed E-state index contributed by atoms with van der Waals surface area (Å²) in [6.07, 6.45) is 1.80. The van der Waals surface area contributed by atoms with Crippen LogP contribution in [-0.2, 0) is 11.2 Å². The third-order valence-corrected chi connectivity index (χ3v) is 4.17. The average molecular weight is 300 g/mol. The van der Waals surface area contributed by atoms with Crippen molar-refractivity contribution in [1.82, 2.24) is 0 Å². The molecule has 22 heavy (non-hydrogen) atoms. The van der Waals surface area contributed by atoms with Crippen molar-refractivity contribution in [3.8, 4) is 11.5 Å². The van der Waals surface area contributed by atoms with E-state index < -0.39 is 0 Å². The van der Waals surface area contributed by atoms with Gasteiger partial charge in [-0.25, -0.2) is 0 Å². The van der Waals surface area contributed by atoms with Crippen LogP contribution in [0.3, 0.4) is 0 Å². The maximum Gasteiger partial charge on any atom is 0.308 e. The van der Waals surface area contributed by atoms with E-state index in [-0.39, 0.29) is 5.97 Å². The molecule has 0 bridgehead atoms. The number of benzene rings is 2. The first-order chi connectivity index (χ1) is 10.5. The fourth-order valence-corrected chi connectivity index (χ4v) is 3.00. The molecule has 0 fully saturated rings. The number of hydrogen-bond acceptors (Lipinski definition) is 3. The van der Waals surface area contributed by atoms with Gasteiger partial charge < -0.3 is 9.47 Å². The van der Waals surface area contributed by atoms with Crippen LogP contribution in [0.1, 0.15) is 51.2 Å². The van der Waals surface area contributed by atoms with E-state index in [1.165, 1.54) is 6.92 Å². The number of ether oxygens (including phenoxy) is 2. The third-order valence-electron chi connectivity index (χ3n) is 4.17. The van der Waals surface area contributed by atoms with Gasteiger partial charge in [0.1, 0.15) is 11.5 Å². The second kappa shape index (κ2) is 6.82. The summed E-state index contributed by atoms with van der Waals surface area (Å²) < 4.78 is 11.3. The Hall–Kier alpha value is -2.03. The second-order valence-electron chi connectivity index (χ2n) is 5.56. The second-order valence-corrected chi connectivity index (χ2v) is 5.56. The van der Waals surface area contributed by atoms with Gasteiger partial charge in [-0.05, 0) is 18.8 Å². The smallest absolute Gasteiger partial charge is 0.308 e. The Morgan fingerprint density at radius 3 is 2.18 bits per heavy atom. The summed E-state index contributed by atoms with van der Waals surface area (Å²) in [4.78, 5) is 11.6. The Bertz CT molecular complexity index is 689. The fourth-order valence-electron chi connectivity index (χ4n) is 3.00. The van der Waals surface area contributed by atoms with Crippen LogP contribution in [0, 0.1) is 0 Å². The van der Waals surface area contributed by atoms with E-state index in [0.717, 1.165) is 40.5 Å². The summed E-state index contributed by atoms with van der Waals surface area (Å²) in [5, 5.41) is 1.92. The molecule has 0 N–H and O–H groups in total. The molecule has 3 heteroatoms. The van der Waals surface area contributed by atoms with E-state index in [2.05, 4.69) is 20.8 Å². The monoisotopic (exact) mass is 300 g/mol. The Morgan fingerprint density at radius 2 is 1.73 bits per heavy atom. The molecule has 0 aliphatic carbocycles.